The number of hydrogen-bond donors (Lipinski definition) is 1. The van der Waals surface area contributed by atoms with E-state index in [1.54, 1.807) is 0 Å². The molecular formula is C13H18N4O. The van der Waals surface area contributed by atoms with Crippen molar-refractivity contribution in [3.05, 3.63) is 41.4 Å². The highest BCUT2D eigenvalue weighted by molar-refractivity contribution is 5.20. The van der Waals surface area contributed by atoms with Gasteiger partial charge in [-0.05, 0) is 13.0 Å². The summed E-state index contributed by atoms with van der Waals surface area (Å²) in [4.78, 5) is 6.71. The lowest BCUT2D eigenvalue weighted by atomic mass is 10.2. The molecule has 5 nitrogen and oxygen atoms in total. The second kappa shape index (κ2) is 4.59. The summed E-state index contributed by atoms with van der Waals surface area (Å²) < 4.78 is 7.93. The third-order valence-electron chi connectivity index (χ3n) is 3.49. The molecule has 0 bridgehead atoms. The molecule has 0 saturated heterocycles. The number of rotatable bonds is 3. The molecule has 0 fully saturated rings. The summed E-state index contributed by atoms with van der Waals surface area (Å²) in [6.07, 6.45) is 3.90. The van der Waals surface area contributed by atoms with Crippen molar-refractivity contribution < 1.29 is 4.42 Å². The van der Waals surface area contributed by atoms with E-state index in [9.17, 15) is 0 Å². The summed E-state index contributed by atoms with van der Waals surface area (Å²) in [5.41, 5.74) is 6.76. The van der Waals surface area contributed by atoms with Gasteiger partial charge in [0.1, 0.15) is 17.3 Å². The first kappa shape index (κ1) is 11.5. The normalized spacial score (nSPS) is 15.9. The quantitative estimate of drug-likeness (QED) is 0.885. The molecule has 3 heterocycles. The minimum absolute atomic E-state index is 0.541. The van der Waals surface area contributed by atoms with Crippen molar-refractivity contribution in [1.29, 1.82) is 0 Å². The Morgan fingerprint density at radius 2 is 2.33 bits per heavy atom. The number of aromatic nitrogens is 2. The second-order valence-corrected chi connectivity index (χ2v) is 4.75. The fourth-order valence-corrected chi connectivity index (χ4v) is 2.45. The van der Waals surface area contributed by atoms with Gasteiger partial charge in [0.05, 0.1) is 13.1 Å². The van der Waals surface area contributed by atoms with E-state index in [-0.39, 0.29) is 0 Å². The molecule has 0 saturated carbocycles. The Balaban J connectivity index is 1.70. The zero-order valence-corrected chi connectivity index (χ0v) is 10.6. The van der Waals surface area contributed by atoms with E-state index >= 15 is 0 Å². The van der Waals surface area contributed by atoms with Gasteiger partial charge in [-0.3, -0.25) is 4.90 Å². The highest BCUT2D eigenvalue weighted by Gasteiger charge is 2.18. The molecule has 0 aromatic carbocycles. The van der Waals surface area contributed by atoms with E-state index in [2.05, 4.69) is 20.5 Å². The number of nitrogens with zero attached hydrogens (tertiary/aromatic N) is 3. The van der Waals surface area contributed by atoms with E-state index in [4.69, 9.17) is 10.2 Å². The molecule has 2 aromatic rings. The number of nitrogens with two attached hydrogens (primary N) is 1. The zero-order valence-electron chi connectivity index (χ0n) is 10.6. The topological polar surface area (TPSA) is 60.2 Å². The standard InChI is InChI=1S/C13H18N4O/c1-10-11(7-14)6-12(18-10)8-16-4-5-17-3-2-15-13(17)9-16/h2-3,6H,4-5,7-9,14H2,1H3. The first-order chi connectivity index (χ1) is 8.76. The fourth-order valence-electron chi connectivity index (χ4n) is 2.45. The smallest absolute Gasteiger partial charge is 0.122 e. The Morgan fingerprint density at radius 3 is 3.11 bits per heavy atom. The molecule has 1 aliphatic heterocycles. The highest BCUT2D eigenvalue weighted by atomic mass is 16.3. The van der Waals surface area contributed by atoms with Crippen LogP contribution in [-0.4, -0.2) is 21.0 Å². The summed E-state index contributed by atoms with van der Waals surface area (Å²) in [6, 6.07) is 2.07. The predicted octanol–water partition coefficient (Wildman–Crippen LogP) is 1.26. The monoisotopic (exact) mass is 246 g/mol. The molecule has 0 unspecified atom stereocenters. The summed E-state index contributed by atoms with van der Waals surface area (Å²) >= 11 is 0. The van der Waals surface area contributed by atoms with Crippen LogP contribution in [0.15, 0.2) is 22.9 Å². The largest absolute Gasteiger partial charge is 0.465 e. The van der Waals surface area contributed by atoms with Crippen molar-refractivity contribution in [2.24, 2.45) is 5.73 Å². The van der Waals surface area contributed by atoms with Gasteiger partial charge in [-0.15, -0.1) is 0 Å². The molecule has 0 radical (unpaired) electrons. The van der Waals surface area contributed by atoms with Crippen LogP contribution in [0, 0.1) is 6.92 Å². The molecular weight excluding hydrogens is 228 g/mol. The van der Waals surface area contributed by atoms with Crippen molar-refractivity contribution >= 4 is 0 Å². The van der Waals surface area contributed by atoms with Gasteiger partial charge in [0.2, 0.25) is 0 Å². The van der Waals surface area contributed by atoms with Crippen molar-refractivity contribution in [3.63, 3.8) is 0 Å². The molecule has 0 spiro atoms. The molecule has 96 valence electrons. The zero-order chi connectivity index (χ0) is 12.5. The van der Waals surface area contributed by atoms with Gasteiger partial charge in [0, 0.05) is 37.6 Å². The first-order valence-electron chi connectivity index (χ1n) is 6.27. The Kier molecular flexibility index (Phi) is 2.93. The van der Waals surface area contributed by atoms with Gasteiger partial charge in [-0.25, -0.2) is 4.98 Å². The van der Waals surface area contributed by atoms with Crippen LogP contribution >= 0.6 is 0 Å². The summed E-state index contributed by atoms with van der Waals surface area (Å²) in [5.74, 6) is 3.06. The minimum Gasteiger partial charge on any atom is -0.465 e. The Morgan fingerprint density at radius 1 is 1.44 bits per heavy atom. The molecule has 2 N–H and O–H groups in total. The van der Waals surface area contributed by atoms with Crippen LogP contribution in [0.5, 0.6) is 0 Å². The maximum Gasteiger partial charge on any atom is 0.122 e. The molecule has 0 amide bonds. The van der Waals surface area contributed by atoms with Crippen molar-refractivity contribution in [2.75, 3.05) is 6.54 Å². The van der Waals surface area contributed by atoms with Gasteiger partial charge in [-0.1, -0.05) is 0 Å². The highest BCUT2D eigenvalue weighted by Crippen LogP contribution is 2.18. The molecule has 0 aliphatic carbocycles. The predicted molar refractivity (Wildman–Crippen MR) is 67.7 cm³/mol. The van der Waals surface area contributed by atoms with Crippen LogP contribution in [0.2, 0.25) is 0 Å². The van der Waals surface area contributed by atoms with Crippen LogP contribution in [-0.2, 0) is 26.2 Å². The summed E-state index contributed by atoms with van der Waals surface area (Å²) in [7, 11) is 0. The molecule has 3 rings (SSSR count). The molecule has 18 heavy (non-hydrogen) atoms. The number of fused-ring (bicyclic) bond motifs is 1. The summed E-state index contributed by atoms with van der Waals surface area (Å²) in [5, 5.41) is 0. The van der Waals surface area contributed by atoms with Crippen molar-refractivity contribution in [1.82, 2.24) is 14.5 Å². The second-order valence-electron chi connectivity index (χ2n) is 4.75. The maximum atomic E-state index is 5.73. The van der Waals surface area contributed by atoms with E-state index in [1.807, 2.05) is 19.3 Å². The van der Waals surface area contributed by atoms with Crippen molar-refractivity contribution in [3.8, 4) is 0 Å². The first-order valence-corrected chi connectivity index (χ1v) is 6.27. The average Bonchev–Trinajstić information content (AvgIpc) is 2.95. The lowest BCUT2D eigenvalue weighted by Gasteiger charge is -2.26. The van der Waals surface area contributed by atoms with Gasteiger partial charge in [0.25, 0.3) is 0 Å². The van der Waals surface area contributed by atoms with Gasteiger partial charge in [-0.2, -0.15) is 0 Å². The number of imidazole rings is 1. The third-order valence-corrected chi connectivity index (χ3v) is 3.49. The SMILES string of the molecule is Cc1oc(CN2CCn3ccnc3C2)cc1CN. The van der Waals surface area contributed by atoms with E-state index in [0.29, 0.717) is 6.54 Å². The van der Waals surface area contributed by atoms with Crippen LogP contribution in [0.3, 0.4) is 0 Å². The fraction of sp³-hybridized carbons (Fsp3) is 0.462. The molecule has 0 atom stereocenters. The van der Waals surface area contributed by atoms with E-state index < -0.39 is 0 Å². The third kappa shape index (κ3) is 2.07. The van der Waals surface area contributed by atoms with Crippen LogP contribution in [0.1, 0.15) is 22.9 Å². The van der Waals surface area contributed by atoms with Gasteiger partial charge >= 0.3 is 0 Å². The van der Waals surface area contributed by atoms with Crippen LogP contribution < -0.4 is 5.73 Å². The molecule has 1 aliphatic rings. The Bertz CT molecular complexity index is 543. The number of furan rings is 1. The lowest BCUT2D eigenvalue weighted by molar-refractivity contribution is 0.193. The Labute approximate surface area is 106 Å². The molecule has 5 heteroatoms. The summed E-state index contributed by atoms with van der Waals surface area (Å²) in [6.45, 7) is 6.24. The number of hydrogen-bond acceptors (Lipinski definition) is 4. The van der Waals surface area contributed by atoms with E-state index in [1.165, 1.54) is 0 Å². The Hall–Kier alpha value is -1.59. The molecule has 2 aromatic heterocycles. The average molecular weight is 246 g/mol. The van der Waals surface area contributed by atoms with Gasteiger partial charge < -0.3 is 14.7 Å². The van der Waals surface area contributed by atoms with Crippen molar-refractivity contribution in [2.45, 2.75) is 33.1 Å². The van der Waals surface area contributed by atoms with Crippen LogP contribution in [0.4, 0.5) is 0 Å². The number of aryl methyl sites for hydroxylation is 1. The maximum absolute atomic E-state index is 5.73. The van der Waals surface area contributed by atoms with E-state index in [0.717, 1.165) is 49.1 Å². The van der Waals surface area contributed by atoms with Crippen LogP contribution in [0.25, 0.3) is 0 Å². The minimum atomic E-state index is 0.541. The van der Waals surface area contributed by atoms with Gasteiger partial charge in [0.15, 0.2) is 0 Å². The lowest BCUT2D eigenvalue weighted by Crippen LogP contribution is -2.33.